The minimum atomic E-state index is -0.136. The number of thioether (sulfide) groups is 1. The van der Waals surface area contributed by atoms with E-state index < -0.39 is 0 Å². The van der Waals surface area contributed by atoms with Crippen molar-refractivity contribution in [3.63, 3.8) is 0 Å². The Morgan fingerprint density at radius 1 is 1.40 bits per heavy atom. The summed E-state index contributed by atoms with van der Waals surface area (Å²) < 4.78 is 0. The number of nitrogens with one attached hydrogen (secondary N) is 2. The zero-order chi connectivity index (χ0) is 14.5. The van der Waals surface area contributed by atoms with E-state index in [0.717, 1.165) is 37.4 Å². The molecule has 0 bridgehead atoms. The minimum absolute atomic E-state index is 0.0556. The molecule has 1 fully saturated rings. The molecule has 2 rings (SSSR count). The molecule has 1 aromatic heterocycles. The van der Waals surface area contributed by atoms with Crippen molar-refractivity contribution in [2.45, 2.75) is 30.5 Å². The van der Waals surface area contributed by atoms with Crippen molar-refractivity contribution in [2.24, 2.45) is 0 Å². The number of likely N-dealkylation sites (N-methyl/N-ethyl adjacent to an activating group) is 1. The van der Waals surface area contributed by atoms with Crippen LogP contribution in [0.3, 0.4) is 0 Å². The van der Waals surface area contributed by atoms with Crippen LogP contribution in [0.5, 0.6) is 0 Å². The summed E-state index contributed by atoms with van der Waals surface area (Å²) in [6.07, 6.45) is 4.98. The lowest BCUT2D eigenvalue weighted by Gasteiger charge is -2.35. The molecule has 1 amide bonds. The molecule has 1 aliphatic heterocycles. The van der Waals surface area contributed by atoms with Gasteiger partial charge in [-0.1, -0.05) is 11.8 Å². The van der Waals surface area contributed by atoms with Crippen LogP contribution in [0.15, 0.2) is 11.2 Å². The molecule has 1 saturated heterocycles. The van der Waals surface area contributed by atoms with Crippen molar-refractivity contribution >= 4 is 29.3 Å². The van der Waals surface area contributed by atoms with Gasteiger partial charge < -0.3 is 15.5 Å². The second-order valence-electron chi connectivity index (χ2n) is 4.67. The molecule has 2 N–H and O–H groups in total. The van der Waals surface area contributed by atoms with Crippen molar-refractivity contribution in [1.82, 2.24) is 15.3 Å². The Balaban J connectivity index is 2.33. The molecular formula is C13H21N5OS. The van der Waals surface area contributed by atoms with Gasteiger partial charge in [0.05, 0.1) is 0 Å². The number of piperidine rings is 1. The van der Waals surface area contributed by atoms with Crippen LogP contribution in [0.25, 0.3) is 0 Å². The smallest absolute Gasteiger partial charge is 0.242 e. The van der Waals surface area contributed by atoms with Crippen molar-refractivity contribution < 1.29 is 4.79 Å². The van der Waals surface area contributed by atoms with Crippen LogP contribution in [0.4, 0.5) is 11.6 Å². The van der Waals surface area contributed by atoms with E-state index in [9.17, 15) is 4.79 Å². The lowest BCUT2D eigenvalue weighted by Crippen LogP contribution is -2.49. The first-order chi connectivity index (χ1) is 9.69. The van der Waals surface area contributed by atoms with Gasteiger partial charge in [0, 0.05) is 26.7 Å². The number of anilines is 2. The third-order valence-electron chi connectivity index (χ3n) is 3.48. The fourth-order valence-electron chi connectivity index (χ4n) is 2.42. The molecule has 1 aromatic rings. The van der Waals surface area contributed by atoms with Crippen molar-refractivity contribution in [3.8, 4) is 0 Å². The maximum atomic E-state index is 12.0. The normalized spacial score (nSPS) is 18.8. The van der Waals surface area contributed by atoms with E-state index in [2.05, 4.69) is 25.5 Å². The van der Waals surface area contributed by atoms with Gasteiger partial charge in [0.1, 0.15) is 17.7 Å². The molecule has 0 spiro atoms. The summed E-state index contributed by atoms with van der Waals surface area (Å²) in [7, 11) is 3.52. The number of carbonyl (C=O) groups is 1. The Morgan fingerprint density at radius 2 is 2.20 bits per heavy atom. The van der Waals surface area contributed by atoms with Crippen molar-refractivity contribution in [2.75, 3.05) is 37.1 Å². The van der Waals surface area contributed by atoms with E-state index in [1.54, 1.807) is 7.05 Å². The number of rotatable bonds is 4. The zero-order valence-electron chi connectivity index (χ0n) is 12.1. The highest BCUT2D eigenvalue weighted by atomic mass is 32.2. The Labute approximate surface area is 123 Å². The largest absolute Gasteiger partial charge is 0.373 e. The second kappa shape index (κ2) is 6.78. The van der Waals surface area contributed by atoms with Gasteiger partial charge in [0.2, 0.25) is 5.91 Å². The van der Waals surface area contributed by atoms with E-state index in [4.69, 9.17) is 0 Å². The Bertz CT molecular complexity index is 460. The topological polar surface area (TPSA) is 70.2 Å². The molecule has 20 heavy (non-hydrogen) atoms. The summed E-state index contributed by atoms with van der Waals surface area (Å²) in [5.74, 6) is 1.66. The molecule has 1 aliphatic rings. The number of hydrogen-bond acceptors (Lipinski definition) is 6. The number of carbonyl (C=O) groups excluding carboxylic acids is 1. The van der Waals surface area contributed by atoms with Gasteiger partial charge in [0.15, 0.2) is 5.16 Å². The SMILES string of the molecule is CNC(=O)C1CCCCN1c1cc(NC)nc(SC)n1. The number of amides is 1. The van der Waals surface area contributed by atoms with Crippen LogP contribution < -0.4 is 15.5 Å². The molecule has 0 aliphatic carbocycles. The summed E-state index contributed by atoms with van der Waals surface area (Å²) in [5, 5.41) is 6.51. The fourth-order valence-corrected chi connectivity index (χ4v) is 2.80. The van der Waals surface area contributed by atoms with Gasteiger partial charge in [-0.15, -0.1) is 0 Å². The lowest BCUT2D eigenvalue weighted by atomic mass is 10.0. The number of nitrogens with zero attached hydrogens (tertiary/aromatic N) is 3. The minimum Gasteiger partial charge on any atom is -0.373 e. The fraction of sp³-hybridized carbons (Fsp3) is 0.615. The summed E-state index contributed by atoms with van der Waals surface area (Å²) >= 11 is 1.50. The molecule has 1 unspecified atom stereocenters. The molecule has 6 nitrogen and oxygen atoms in total. The van der Waals surface area contributed by atoms with Crippen molar-refractivity contribution in [1.29, 1.82) is 0 Å². The predicted octanol–water partition coefficient (Wildman–Crippen LogP) is 1.35. The first kappa shape index (κ1) is 14.9. The second-order valence-corrected chi connectivity index (χ2v) is 5.44. The summed E-state index contributed by atoms with van der Waals surface area (Å²) in [5.41, 5.74) is 0. The van der Waals surface area contributed by atoms with E-state index in [1.807, 2.05) is 19.4 Å². The number of aromatic nitrogens is 2. The molecule has 0 aromatic carbocycles. The van der Waals surface area contributed by atoms with E-state index in [1.165, 1.54) is 11.8 Å². The van der Waals surface area contributed by atoms with Gasteiger partial charge in [0.25, 0.3) is 0 Å². The Kier molecular flexibility index (Phi) is 5.05. The highest BCUT2D eigenvalue weighted by molar-refractivity contribution is 7.98. The first-order valence-corrected chi connectivity index (χ1v) is 8.01. The average molecular weight is 295 g/mol. The molecule has 1 atom stereocenters. The maximum absolute atomic E-state index is 12.0. The van der Waals surface area contributed by atoms with E-state index >= 15 is 0 Å². The molecular weight excluding hydrogens is 274 g/mol. The molecule has 2 heterocycles. The van der Waals surface area contributed by atoms with Gasteiger partial charge in [-0.3, -0.25) is 4.79 Å². The average Bonchev–Trinajstić information content (AvgIpc) is 2.53. The monoisotopic (exact) mass is 295 g/mol. The van der Waals surface area contributed by atoms with Crippen LogP contribution in [-0.4, -0.2) is 48.8 Å². The van der Waals surface area contributed by atoms with Crippen LogP contribution in [0, 0.1) is 0 Å². The highest BCUT2D eigenvalue weighted by Crippen LogP contribution is 2.26. The zero-order valence-corrected chi connectivity index (χ0v) is 13.0. The maximum Gasteiger partial charge on any atom is 0.242 e. The summed E-state index contributed by atoms with van der Waals surface area (Å²) in [6.45, 7) is 0.853. The first-order valence-electron chi connectivity index (χ1n) is 6.78. The van der Waals surface area contributed by atoms with Crippen LogP contribution in [0.1, 0.15) is 19.3 Å². The molecule has 110 valence electrons. The summed E-state index contributed by atoms with van der Waals surface area (Å²) in [6, 6.07) is 1.77. The molecule has 7 heteroatoms. The number of hydrogen-bond donors (Lipinski definition) is 2. The Hall–Kier alpha value is -1.50. The third kappa shape index (κ3) is 3.15. The van der Waals surface area contributed by atoms with Crippen molar-refractivity contribution in [3.05, 3.63) is 6.07 Å². The molecule has 0 saturated carbocycles. The predicted molar refractivity (Wildman–Crippen MR) is 82.4 cm³/mol. The quantitative estimate of drug-likeness (QED) is 0.645. The van der Waals surface area contributed by atoms with Gasteiger partial charge in [-0.25, -0.2) is 9.97 Å². The standard InChI is InChI=1S/C13H21N5OS/c1-14-10-8-11(17-13(16-10)20-3)18-7-5-4-6-9(18)12(19)15-2/h8-9H,4-7H2,1-3H3,(H,15,19)(H,14,16,17). The van der Waals surface area contributed by atoms with Crippen LogP contribution in [-0.2, 0) is 4.79 Å². The van der Waals surface area contributed by atoms with Gasteiger partial charge in [-0.2, -0.15) is 0 Å². The lowest BCUT2D eigenvalue weighted by molar-refractivity contribution is -0.122. The molecule has 0 radical (unpaired) electrons. The van der Waals surface area contributed by atoms with Gasteiger partial charge in [-0.05, 0) is 25.5 Å². The van der Waals surface area contributed by atoms with Crippen LogP contribution in [0.2, 0.25) is 0 Å². The highest BCUT2D eigenvalue weighted by Gasteiger charge is 2.29. The van der Waals surface area contributed by atoms with Gasteiger partial charge >= 0.3 is 0 Å². The van der Waals surface area contributed by atoms with E-state index in [0.29, 0.717) is 5.16 Å². The Morgan fingerprint density at radius 3 is 2.85 bits per heavy atom. The summed E-state index contributed by atoms with van der Waals surface area (Å²) in [4.78, 5) is 23.0. The third-order valence-corrected chi connectivity index (χ3v) is 4.02. The van der Waals surface area contributed by atoms with Crippen LogP contribution >= 0.6 is 11.8 Å². The van der Waals surface area contributed by atoms with E-state index in [-0.39, 0.29) is 11.9 Å².